The second kappa shape index (κ2) is 9.19. The molecule has 0 fully saturated rings. The average Bonchev–Trinajstić information content (AvgIpc) is 2.88. The summed E-state index contributed by atoms with van der Waals surface area (Å²) in [5.41, 5.74) is 4.80. The molecule has 2 unspecified atom stereocenters. The van der Waals surface area contributed by atoms with Crippen molar-refractivity contribution < 1.29 is 14.2 Å². The molecule has 0 aliphatic carbocycles. The molecule has 5 rings (SSSR count). The maximum atomic E-state index is 6.42. The van der Waals surface area contributed by atoms with Crippen molar-refractivity contribution >= 4 is 0 Å². The molecular formula is C29H26O3. The molecule has 2 atom stereocenters. The maximum absolute atomic E-state index is 6.42. The fourth-order valence-electron chi connectivity index (χ4n) is 4.30. The van der Waals surface area contributed by atoms with E-state index in [1.165, 1.54) is 16.7 Å². The zero-order valence-electron chi connectivity index (χ0n) is 18.1. The Morgan fingerprint density at radius 3 is 2.16 bits per heavy atom. The molecule has 0 saturated carbocycles. The van der Waals surface area contributed by atoms with Crippen LogP contribution in [0.3, 0.4) is 0 Å². The number of methoxy groups -OCH3 is 1. The molecule has 0 amide bonds. The zero-order chi connectivity index (χ0) is 21.8. The number of benzene rings is 4. The third kappa shape index (κ3) is 4.33. The number of hydrogen-bond donors (Lipinski definition) is 0. The van der Waals surface area contributed by atoms with E-state index in [1.54, 1.807) is 7.11 Å². The van der Waals surface area contributed by atoms with E-state index < -0.39 is 0 Å². The molecule has 160 valence electrons. The van der Waals surface area contributed by atoms with Crippen molar-refractivity contribution in [1.82, 2.24) is 0 Å². The third-order valence-corrected chi connectivity index (χ3v) is 6.02. The minimum absolute atomic E-state index is 0.00480. The highest BCUT2D eigenvalue weighted by Crippen LogP contribution is 2.46. The Morgan fingerprint density at radius 1 is 0.750 bits per heavy atom. The number of fused-ring (bicyclic) bond motifs is 1. The van der Waals surface area contributed by atoms with Gasteiger partial charge in [-0.05, 0) is 41.3 Å². The van der Waals surface area contributed by atoms with Crippen molar-refractivity contribution in [3.63, 3.8) is 0 Å². The monoisotopic (exact) mass is 422 g/mol. The van der Waals surface area contributed by atoms with Crippen molar-refractivity contribution in [2.45, 2.75) is 25.0 Å². The van der Waals surface area contributed by atoms with E-state index in [-0.39, 0.29) is 12.0 Å². The van der Waals surface area contributed by atoms with Crippen molar-refractivity contribution in [2.75, 3.05) is 7.11 Å². The Hall–Kier alpha value is -3.72. The molecule has 1 aliphatic heterocycles. The van der Waals surface area contributed by atoms with Gasteiger partial charge in [-0.1, -0.05) is 78.9 Å². The molecule has 32 heavy (non-hydrogen) atoms. The van der Waals surface area contributed by atoms with Gasteiger partial charge in [-0.25, -0.2) is 0 Å². The Kier molecular flexibility index (Phi) is 5.80. The summed E-state index contributed by atoms with van der Waals surface area (Å²) in [6, 6.07) is 35.3. The zero-order valence-corrected chi connectivity index (χ0v) is 18.1. The van der Waals surface area contributed by atoms with Crippen LogP contribution in [-0.2, 0) is 6.61 Å². The van der Waals surface area contributed by atoms with Crippen LogP contribution < -0.4 is 14.2 Å². The van der Waals surface area contributed by atoms with E-state index >= 15 is 0 Å². The molecule has 0 N–H and O–H groups in total. The summed E-state index contributed by atoms with van der Waals surface area (Å²) in [5.74, 6) is 2.80. The summed E-state index contributed by atoms with van der Waals surface area (Å²) in [7, 11) is 1.69. The fourth-order valence-corrected chi connectivity index (χ4v) is 4.30. The SMILES string of the molecule is COc1ccc2c(c1)OC(c1ccccc1)CC2c1ccc(OCc2ccccc2)cc1. The van der Waals surface area contributed by atoms with Gasteiger partial charge >= 0.3 is 0 Å². The number of hydrogen-bond acceptors (Lipinski definition) is 3. The quantitative estimate of drug-likeness (QED) is 0.337. The second-order valence-corrected chi connectivity index (χ2v) is 8.05. The number of ether oxygens (including phenoxy) is 3. The standard InChI is InChI=1S/C29H26O3/c1-30-25-16-17-26-27(19-28(32-29(26)18-25)23-10-6-3-7-11-23)22-12-14-24(15-13-22)31-20-21-8-4-2-5-9-21/h2-18,27-28H,19-20H2,1H3. The summed E-state index contributed by atoms with van der Waals surface area (Å²) >= 11 is 0. The lowest BCUT2D eigenvalue weighted by Crippen LogP contribution is -2.20. The van der Waals surface area contributed by atoms with E-state index in [2.05, 4.69) is 66.7 Å². The van der Waals surface area contributed by atoms with Crippen molar-refractivity contribution in [3.8, 4) is 17.2 Å². The van der Waals surface area contributed by atoms with Gasteiger partial charge < -0.3 is 14.2 Å². The van der Waals surface area contributed by atoms with Crippen LogP contribution in [-0.4, -0.2) is 7.11 Å². The second-order valence-electron chi connectivity index (χ2n) is 8.05. The smallest absolute Gasteiger partial charge is 0.127 e. The normalized spacial score (nSPS) is 17.2. The largest absolute Gasteiger partial charge is 0.497 e. The predicted molar refractivity (Wildman–Crippen MR) is 126 cm³/mol. The van der Waals surface area contributed by atoms with Crippen LogP contribution in [0.4, 0.5) is 0 Å². The van der Waals surface area contributed by atoms with Gasteiger partial charge in [-0.3, -0.25) is 0 Å². The topological polar surface area (TPSA) is 27.7 Å². The van der Waals surface area contributed by atoms with E-state index in [1.807, 2.05) is 36.4 Å². The van der Waals surface area contributed by atoms with E-state index in [9.17, 15) is 0 Å². The van der Waals surface area contributed by atoms with Crippen molar-refractivity contribution in [3.05, 3.63) is 125 Å². The van der Waals surface area contributed by atoms with Crippen LogP contribution in [0.25, 0.3) is 0 Å². The molecule has 0 aromatic heterocycles. The van der Waals surface area contributed by atoms with Crippen LogP contribution >= 0.6 is 0 Å². The Balaban J connectivity index is 1.41. The average molecular weight is 423 g/mol. The summed E-state index contributed by atoms with van der Waals surface area (Å²) in [6.45, 7) is 0.566. The summed E-state index contributed by atoms with van der Waals surface area (Å²) in [4.78, 5) is 0. The molecule has 4 aromatic carbocycles. The van der Waals surface area contributed by atoms with Crippen LogP contribution in [0.5, 0.6) is 17.2 Å². The van der Waals surface area contributed by atoms with E-state index in [0.29, 0.717) is 6.61 Å². The minimum Gasteiger partial charge on any atom is -0.497 e. The van der Waals surface area contributed by atoms with E-state index in [4.69, 9.17) is 14.2 Å². The van der Waals surface area contributed by atoms with Gasteiger partial charge in [0.1, 0.15) is 30.0 Å². The first-order valence-electron chi connectivity index (χ1n) is 11.0. The third-order valence-electron chi connectivity index (χ3n) is 6.02. The molecule has 0 spiro atoms. The molecule has 3 nitrogen and oxygen atoms in total. The Morgan fingerprint density at radius 2 is 1.44 bits per heavy atom. The van der Waals surface area contributed by atoms with Crippen LogP contribution in [0.1, 0.15) is 40.7 Å². The predicted octanol–water partition coefficient (Wildman–Crippen LogP) is 6.93. The van der Waals surface area contributed by atoms with Crippen molar-refractivity contribution in [1.29, 1.82) is 0 Å². The van der Waals surface area contributed by atoms with E-state index in [0.717, 1.165) is 29.2 Å². The summed E-state index contributed by atoms with van der Waals surface area (Å²) in [6.07, 6.45) is 0.878. The van der Waals surface area contributed by atoms with Gasteiger partial charge in [0.05, 0.1) is 7.11 Å². The molecule has 1 aliphatic rings. The lowest BCUT2D eigenvalue weighted by atomic mass is 9.82. The number of rotatable bonds is 6. The molecule has 1 heterocycles. The first-order valence-corrected chi connectivity index (χ1v) is 11.0. The molecule has 0 bridgehead atoms. The van der Waals surface area contributed by atoms with Crippen LogP contribution in [0.15, 0.2) is 103 Å². The highest BCUT2D eigenvalue weighted by atomic mass is 16.5. The lowest BCUT2D eigenvalue weighted by Gasteiger charge is -2.33. The van der Waals surface area contributed by atoms with Gasteiger partial charge in [-0.15, -0.1) is 0 Å². The van der Waals surface area contributed by atoms with Crippen LogP contribution in [0, 0.1) is 0 Å². The molecule has 0 saturated heterocycles. The summed E-state index contributed by atoms with van der Waals surface area (Å²) < 4.78 is 17.8. The highest BCUT2D eigenvalue weighted by Gasteiger charge is 2.30. The van der Waals surface area contributed by atoms with Gasteiger partial charge in [0.15, 0.2) is 0 Å². The van der Waals surface area contributed by atoms with Crippen LogP contribution in [0.2, 0.25) is 0 Å². The van der Waals surface area contributed by atoms with Gasteiger partial charge in [0.25, 0.3) is 0 Å². The summed E-state index contributed by atoms with van der Waals surface area (Å²) in [5, 5.41) is 0. The Labute approximate surface area is 189 Å². The van der Waals surface area contributed by atoms with Gasteiger partial charge in [-0.2, -0.15) is 0 Å². The Bertz CT molecular complexity index is 1150. The lowest BCUT2D eigenvalue weighted by molar-refractivity contribution is 0.167. The van der Waals surface area contributed by atoms with Crippen molar-refractivity contribution in [2.24, 2.45) is 0 Å². The first kappa shape index (κ1) is 20.2. The molecule has 4 aromatic rings. The highest BCUT2D eigenvalue weighted by molar-refractivity contribution is 5.49. The molecule has 3 heteroatoms. The van der Waals surface area contributed by atoms with Gasteiger partial charge in [0, 0.05) is 17.5 Å². The minimum atomic E-state index is -0.00480. The first-order chi connectivity index (χ1) is 15.8. The maximum Gasteiger partial charge on any atom is 0.127 e. The molecular weight excluding hydrogens is 396 g/mol. The fraction of sp³-hybridized carbons (Fsp3) is 0.172. The van der Waals surface area contributed by atoms with Gasteiger partial charge in [0.2, 0.25) is 0 Å². The molecule has 0 radical (unpaired) electrons.